The average molecular weight is 483 g/mol. The first-order valence-electron chi connectivity index (χ1n) is 8.98. The maximum Gasteiger partial charge on any atom is 0.203 e. The number of hydrogen-bond donors (Lipinski definition) is 0. The number of Topliss-reactive ketones (excluding diaryl/α,β-unsaturated/α-hetero) is 1. The van der Waals surface area contributed by atoms with Crippen LogP contribution < -0.4 is 9.47 Å². The summed E-state index contributed by atoms with van der Waals surface area (Å²) in [7, 11) is 1.53. The summed E-state index contributed by atoms with van der Waals surface area (Å²) >= 11 is 9.41. The van der Waals surface area contributed by atoms with Gasteiger partial charge in [-0.3, -0.25) is 4.79 Å². The molecule has 0 atom stereocenters. The quantitative estimate of drug-likeness (QED) is 0.220. The van der Waals surface area contributed by atoms with Gasteiger partial charge in [0.25, 0.3) is 0 Å². The Bertz CT molecular complexity index is 1120. The number of rotatable bonds is 7. The molecule has 0 aliphatic rings. The third-order valence-electron chi connectivity index (χ3n) is 4.26. The summed E-state index contributed by atoms with van der Waals surface area (Å²) in [4.78, 5) is 12.6. The molecule has 0 spiro atoms. The molecule has 3 rings (SSSR count). The molecule has 0 aliphatic heterocycles. The summed E-state index contributed by atoms with van der Waals surface area (Å²) < 4.78 is 12.0. The van der Waals surface area contributed by atoms with E-state index in [1.165, 1.54) is 13.2 Å². The summed E-state index contributed by atoms with van der Waals surface area (Å²) in [5.74, 6) is 0.669. The number of hydrogen-bond acceptors (Lipinski definition) is 4. The molecule has 0 fully saturated rings. The van der Waals surface area contributed by atoms with Crippen molar-refractivity contribution in [1.29, 1.82) is 5.26 Å². The van der Waals surface area contributed by atoms with Crippen LogP contribution in [0.5, 0.6) is 11.5 Å². The molecule has 3 aromatic rings. The minimum atomic E-state index is -0.337. The van der Waals surface area contributed by atoms with Gasteiger partial charge in [-0.05, 0) is 57.4 Å². The lowest BCUT2D eigenvalue weighted by atomic mass is 10.0. The Morgan fingerprint density at radius 3 is 2.47 bits per heavy atom. The molecule has 4 nitrogen and oxygen atoms in total. The fourth-order valence-corrected chi connectivity index (χ4v) is 3.46. The first kappa shape index (κ1) is 21.6. The molecule has 0 saturated carbocycles. The number of ether oxygens (including phenoxy) is 2. The molecule has 3 aromatic carbocycles. The molecular formula is C24H17BrClNO3. The molecule has 150 valence electrons. The van der Waals surface area contributed by atoms with Gasteiger partial charge in [-0.25, -0.2) is 0 Å². The van der Waals surface area contributed by atoms with Gasteiger partial charge in [-0.15, -0.1) is 0 Å². The van der Waals surface area contributed by atoms with Crippen molar-refractivity contribution in [3.8, 4) is 17.6 Å². The van der Waals surface area contributed by atoms with Gasteiger partial charge >= 0.3 is 0 Å². The Hall–Kier alpha value is -3.07. The summed E-state index contributed by atoms with van der Waals surface area (Å²) in [5.41, 5.74) is 2.08. The Balaban J connectivity index is 1.87. The van der Waals surface area contributed by atoms with Gasteiger partial charge < -0.3 is 9.47 Å². The summed E-state index contributed by atoms with van der Waals surface area (Å²) in [6.07, 6.45) is 1.53. The van der Waals surface area contributed by atoms with E-state index < -0.39 is 0 Å². The average Bonchev–Trinajstić information content (AvgIpc) is 2.77. The van der Waals surface area contributed by atoms with Gasteiger partial charge in [0.1, 0.15) is 18.2 Å². The van der Waals surface area contributed by atoms with Crippen molar-refractivity contribution in [3.05, 3.63) is 98.5 Å². The van der Waals surface area contributed by atoms with Crippen molar-refractivity contribution >= 4 is 39.4 Å². The summed E-state index contributed by atoms with van der Waals surface area (Å²) in [6, 6.07) is 21.5. The van der Waals surface area contributed by atoms with E-state index >= 15 is 0 Å². The zero-order valence-corrected chi connectivity index (χ0v) is 18.4. The van der Waals surface area contributed by atoms with E-state index in [2.05, 4.69) is 15.9 Å². The van der Waals surface area contributed by atoms with Crippen molar-refractivity contribution in [2.45, 2.75) is 6.61 Å². The molecule has 0 N–H and O–H groups in total. The van der Waals surface area contributed by atoms with Crippen molar-refractivity contribution in [3.63, 3.8) is 0 Å². The van der Waals surface area contributed by atoms with E-state index in [0.29, 0.717) is 38.7 Å². The minimum Gasteiger partial charge on any atom is -0.493 e. The predicted molar refractivity (Wildman–Crippen MR) is 121 cm³/mol. The topological polar surface area (TPSA) is 59.3 Å². The number of carbonyl (C=O) groups is 1. The monoisotopic (exact) mass is 481 g/mol. The summed E-state index contributed by atoms with van der Waals surface area (Å²) in [6.45, 7) is 0.331. The van der Waals surface area contributed by atoms with Crippen LogP contribution in [0.25, 0.3) is 6.08 Å². The molecule has 6 heteroatoms. The number of carbonyl (C=O) groups excluding carboxylic acids is 1. The second kappa shape index (κ2) is 10.1. The first-order valence-corrected chi connectivity index (χ1v) is 10.1. The highest BCUT2D eigenvalue weighted by Gasteiger charge is 2.15. The number of nitriles is 1. The highest BCUT2D eigenvalue weighted by molar-refractivity contribution is 9.10. The maximum absolute atomic E-state index is 12.6. The minimum absolute atomic E-state index is 0.0324. The molecular weight excluding hydrogens is 466 g/mol. The van der Waals surface area contributed by atoms with Gasteiger partial charge in [-0.1, -0.05) is 54.1 Å². The van der Waals surface area contributed by atoms with Crippen LogP contribution in [0.1, 0.15) is 21.5 Å². The number of halogens is 2. The van der Waals surface area contributed by atoms with Crippen molar-refractivity contribution in [2.24, 2.45) is 0 Å². The van der Waals surface area contributed by atoms with Crippen molar-refractivity contribution in [1.82, 2.24) is 0 Å². The van der Waals surface area contributed by atoms with Crippen LogP contribution in [-0.2, 0) is 6.61 Å². The number of methoxy groups -OCH3 is 1. The highest BCUT2D eigenvalue weighted by Crippen LogP contribution is 2.38. The highest BCUT2D eigenvalue weighted by atomic mass is 79.9. The third-order valence-corrected chi connectivity index (χ3v) is 5.10. The molecule has 0 aliphatic carbocycles. The normalized spacial score (nSPS) is 10.9. The van der Waals surface area contributed by atoms with Crippen molar-refractivity contribution < 1.29 is 14.3 Å². The van der Waals surface area contributed by atoms with Gasteiger partial charge in [0, 0.05) is 10.6 Å². The number of benzene rings is 3. The van der Waals surface area contributed by atoms with E-state index in [1.807, 2.05) is 24.3 Å². The van der Waals surface area contributed by atoms with Gasteiger partial charge in [0.2, 0.25) is 5.78 Å². The van der Waals surface area contributed by atoms with E-state index in [4.69, 9.17) is 21.1 Å². The van der Waals surface area contributed by atoms with E-state index in [0.717, 1.165) is 5.56 Å². The van der Waals surface area contributed by atoms with Gasteiger partial charge in [-0.2, -0.15) is 5.26 Å². The number of nitrogens with zero attached hydrogens (tertiary/aromatic N) is 1. The lowest BCUT2D eigenvalue weighted by molar-refractivity contribution is 0.104. The molecule has 0 bridgehead atoms. The van der Waals surface area contributed by atoms with E-state index in [1.54, 1.807) is 48.5 Å². The Labute approximate surface area is 188 Å². The predicted octanol–water partition coefficient (Wildman–Crippen LogP) is 6.48. The smallest absolute Gasteiger partial charge is 0.203 e. The molecule has 0 unspecified atom stereocenters. The molecule has 0 aromatic heterocycles. The zero-order chi connectivity index (χ0) is 21.5. The van der Waals surface area contributed by atoms with Gasteiger partial charge in [0.15, 0.2) is 11.5 Å². The third kappa shape index (κ3) is 5.29. The lowest BCUT2D eigenvalue weighted by Gasteiger charge is -2.14. The fraction of sp³-hybridized carbons (Fsp3) is 0.0833. The SMILES string of the molecule is COc1cc(/C=C(\C#N)C(=O)c2ccccc2)cc(Br)c1OCc1ccc(Cl)cc1. The Kier molecular flexibility index (Phi) is 7.29. The van der Waals surface area contributed by atoms with Crippen LogP contribution in [0.2, 0.25) is 5.02 Å². The van der Waals surface area contributed by atoms with E-state index in [9.17, 15) is 10.1 Å². The first-order chi connectivity index (χ1) is 14.5. The van der Waals surface area contributed by atoms with Crippen molar-refractivity contribution in [2.75, 3.05) is 7.11 Å². The number of allylic oxidation sites excluding steroid dienone is 1. The Morgan fingerprint density at radius 1 is 1.13 bits per heavy atom. The Morgan fingerprint density at radius 2 is 1.83 bits per heavy atom. The lowest BCUT2D eigenvalue weighted by Crippen LogP contribution is -2.02. The fourth-order valence-electron chi connectivity index (χ4n) is 2.76. The molecule has 0 saturated heterocycles. The number of ketones is 1. The van der Waals surface area contributed by atoms with Crippen LogP contribution in [-0.4, -0.2) is 12.9 Å². The maximum atomic E-state index is 12.6. The summed E-state index contributed by atoms with van der Waals surface area (Å²) in [5, 5.41) is 10.1. The largest absolute Gasteiger partial charge is 0.493 e. The van der Waals surface area contributed by atoms with Crippen LogP contribution in [0.4, 0.5) is 0 Å². The van der Waals surface area contributed by atoms with Crippen LogP contribution in [0, 0.1) is 11.3 Å². The molecule has 0 radical (unpaired) electrons. The second-order valence-electron chi connectivity index (χ2n) is 6.31. The van der Waals surface area contributed by atoms with Gasteiger partial charge in [0.05, 0.1) is 11.6 Å². The van der Waals surface area contributed by atoms with E-state index in [-0.39, 0.29) is 11.4 Å². The molecule has 0 amide bonds. The molecule has 0 heterocycles. The standard InChI is InChI=1S/C24H17BrClNO3/c1-29-22-13-17(11-19(14-27)23(28)18-5-3-2-4-6-18)12-21(25)24(22)30-15-16-7-9-20(26)10-8-16/h2-13H,15H2,1H3/b19-11+. The zero-order valence-electron chi connectivity index (χ0n) is 16.1. The van der Waals surface area contributed by atoms with Crippen LogP contribution in [0.15, 0.2) is 76.8 Å². The van der Waals surface area contributed by atoms with Crippen LogP contribution in [0.3, 0.4) is 0 Å². The van der Waals surface area contributed by atoms with Crippen LogP contribution >= 0.6 is 27.5 Å². The molecule has 30 heavy (non-hydrogen) atoms. The second-order valence-corrected chi connectivity index (χ2v) is 7.60.